The molecule has 2 fully saturated rings. The molecule has 0 aromatic heterocycles. The van der Waals surface area contributed by atoms with Gasteiger partial charge in [-0.05, 0) is 0 Å². The van der Waals surface area contributed by atoms with E-state index >= 15 is 0 Å². The number of rotatable bonds is 0. The van der Waals surface area contributed by atoms with E-state index in [1.165, 1.54) is 0 Å². The van der Waals surface area contributed by atoms with Crippen LogP contribution in [0.25, 0.3) is 0 Å². The molecule has 0 aliphatic carbocycles. The van der Waals surface area contributed by atoms with Gasteiger partial charge < -0.3 is 0 Å². The van der Waals surface area contributed by atoms with Crippen molar-refractivity contribution in [3.05, 3.63) is 0 Å². The SMILES string of the molecule is CC1(C)O[Te]2(OC1(C)C)OC(C)(C)C(C)(C)O2. The van der Waals surface area contributed by atoms with Gasteiger partial charge in [-0.25, -0.2) is 0 Å². The van der Waals surface area contributed by atoms with Gasteiger partial charge in [0.2, 0.25) is 0 Å². The van der Waals surface area contributed by atoms with E-state index in [2.05, 4.69) is 0 Å². The first kappa shape index (κ1) is 14.0. The summed E-state index contributed by atoms with van der Waals surface area (Å²) in [4.78, 5) is 0. The second-order valence-corrected chi connectivity index (χ2v) is 11.0. The van der Waals surface area contributed by atoms with E-state index in [-0.39, 0.29) is 22.4 Å². The summed E-state index contributed by atoms with van der Waals surface area (Å²) in [5, 5.41) is 0. The molecule has 0 amide bonds. The van der Waals surface area contributed by atoms with Crippen LogP contribution in [0.4, 0.5) is 0 Å². The van der Waals surface area contributed by atoms with E-state index in [0.29, 0.717) is 0 Å². The van der Waals surface area contributed by atoms with Gasteiger partial charge in [0.1, 0.15) is 0 Å². The molecule has 2 rings (SSSR count). The summed E-state index contributed by atoms with van der Waals surface area (Å²) in [5.74, 6) is 0. The average molecular weight is 360 g/mol. The van der Waals surface area contributed by atoms with Crippen LogP contribution < -0.4 is 0 Å². The molecule has 2 aliphatic heterocycles. The van der Waals surface area contributed by atoms with Gasteiger partial charge in [0.25, 0.3) is 0 Å². The summed E-state index contributed by atoms with van der Waals surface area (Å²) in [6, 6.07) is 0. The maximum atomic E-state index is 6.11. The van der Waals surface area contributed by atoms with E-state index in [0.717, 1.165) is 0 Å². The molecule has 0 aromatic rings. The molecule has 1 spiro atoms. The second-order valence-electron chi connectivity index (χ2n) is 6.78. The zero-order valence-electron chi connectivity index (χ0n) is 12.0. The molecule has 4 nitrogen and oxygen atoms in total. The Kier molecular flexibility index (Phi) is 2.80. The topological polar surface area (TPSA) is 36.9 Å². The zero-order valence-corrected chi connectivity index (χ0v) is 14.4. The zero-order chi connectivity index (χ0) is 13.3. The fourth-order valence-corrected chi connectivity index (χ4v) is 10.2. The molecule has 0 atom stereocenters. The maximum absolute atomic E-state index is 6.11. The third kappa shape index (κ3) is 1.96. The van der Waals surface area contributed by atoms with Crippen molar-refractivity contribution in [2.45, 2.75) is 77.8 Å². The van der Waals surface area contributed by atoms with Crippen molar-refractivity contribution in [1.82, 2.24) is 0 Å². The quantitative estimate of drug-likeness (QED) is 0.623. The Morgan fingerprint density at radius 2 is 0.647 bits per heavy atom. The van der Waals surface area contributed by atoms with Crippen LogP contribution in [0.2, 0.25) is 0 Å². The van der Waals surface area contributed by atoms with Crippen LogP contribution in [0.1, 0.15) is 55.4 Å². The first-order valence-corrected chi connectivity index (χ1v) is 9.79. The molecule has 0 unspecified atom stereocenters. The molecule has 5 heteroatoms. The van der Waals surface area contributed by atoms with Crippen molar-refractivity contribution in [2.75, 3.05) is 0 Å². The van der Waals surface area contributed by atoms with Gasteiger partial charge in [-0.1, -0.05) is 0 Å². The second kappa shape index (κ2) is 3.39. The normalized spacial score (nSPS) is 37.2. The standard InChI is InChI=1S/C12H24O4Te/c1-9(2)10(3,4)14-17(13-9)15-11(5,6)12(7,8)16-17/h1-8H3. The summed E-state index contributed by atoms with van der Waals surface area (Å²) in [5.41, 5.74) is -1.54. The molecule has 17 heavy (non-hydrogen) atoms. The molecular formula is C12H24O4Te. The monoisotopic (exact) mass is 362 g/mol. The third-order valence-electron chi connectivity index (χ3n) is 4.14. The molecule has 2 heterocycles. The van der Waals surface area contributed by atoms with Crippen molar-refractivity contribution >= 4 is 19.8 Å². The van der Waals surface area contributed by atoms with Crippen LogP contribution in [-0.2, 0) is 12.4 Å². The molecule has 0 N–H and O–H groups in total. The van der Waals surface area contributed by atoms with E-state index < -0.39 is 19.8 Å². The fraction of sp³-hybridized carbons (Fsp3) is 1.00. The van der Waals surface area contributed by atoms with Crippen LogP contribution in [0, 0.1) is 0 Å². The van der Waals surface area contributed by atoms with Crippen molar-refractivity contribution in [2.24, 2.45) is 0 Å². The Balaban J connectivity index is 2.33. The van der Waals surface area contributed by atoms with Crippen LogP contribution in [0.15, 0.2) is 0 Å². The molecule has 2 aliphatic rings. The van der Waals surface area contributed by atoms with Gasteiger partial charge in [-0.2, -0.15) is 0 Å². The molecule has 0 aromatic carbocycles. The third-order valence-corrected chi connectivity index (χ3v) is 11.2. The number of hydrogen-bond donors (Lipinski definition) is 0. The van der Waals surface area contributed by atoms with Crippen molar-refractivity contribution in [3.8, 4) is 0 Å². The Bertz CT molecular complexity index is 277. The van der Waals surface area contributed by atoms with Gasteiger partial charge in [0.05, 0.1) is 0 Å². The van der Waals surface area contributed by atoms with Crippen molar-refractivity contribution in [3.63, 3.8) is 0 Å². The van der Waals surface area contributed by atoms with Crippen molar-refractivity contribution in [1.29, 1.82) is 0 Å². The van der Waals surface area contributed by atoms with Crippen LogP contribution in [0.5, 0.6) is 0 Å². The molecule has 102 valence electrons. The number of hydrogen-bond acceptors (Lipinski definition) is 4. The predicted octanol–water partition coefficient (Wildman–Crippen LogP) is 2.63. The Morgan fingerprint density at radius 3 is 0.824 bits per heavy atom. The average Bonchev–Trinajstić information content (AvgIpc) is 2.21. The molecule has 0 radical (unpaired) electrons. The summed E-state index contributed by atoms with van der Waals surface area (Å²) in [7, 11) is 0. The summed E-state index contributed by atoms with van der Waals surface area (Å²) in [6.45, 7) is 16.2. The van der Waals surface area contributed by atoms with Crippen LogP contribution >= 0.6 is 0 Å². The van der Waals surface area contributed by atoms with Gasteiger partial charge in [-0.3, -0.25) is 0 Å². The van der Waals surface area contributed by atoms with E-state index in [1.807, 2.05) is 55.4 Å². The summed E-state index contributed by atoms with van der Waals surface area (Å²) in [6.07, 6.45) is 0. The Labute approximate surface area is 110 Å². The van der Waals surface area contributed by atoms with E-state index in [1.54, 1.807) is 0 Å². The Morgan fingerprint density at radius 1 is 0.471 bits per heavy atom. The van der Waals surface area contributed by atoms with E-state index in [4.69, 9.17) is 12.4 Å². The van der Waals surface area contributed by atoms with Gasteiger partial charge in [0.15, 0.2) is 0 Å². The van der Waals surface area contributed by atoms with Gasteiger partial charge in [-0.15, -0.1) is 0 Å². The Hall–Kier alpha value is 0.630. The van der Waals surface area contributed by atoms with Crippen LogP contribution in [0.3, 0.4) is 0 Å². The fourth-order valence-electron chi connectivity index (χ4n) is 1.52. The van der Waals surface area contributed by atoms with Crippen molar-refractivity contribution < 1.29 is 12.4 Å². The molecule has 0 bridgehead atoms. The van der Waals surface area contributed by atoms with E-state index in [9.17, 15) is 0 Å². The first-order chi connectivity index (χ1) is 7.33. The minimum atomic E-state index is -3.61. The first-order valence-electron chi connectivity index (χ1n) is 5.98. The molecule has 0 saturated carbocycles. The summed E-state index contributed by atoms with van der Waals surface area (Å²) < 4.78 is 24.4. The minimum absolute atomic E-state index is 0.384. The molecule has 2 saturated heterocycles. The van der Waals surface area contributed by atoms with Gasteiger partial charge in [0, 0.05) is 0 Å². The predicted molar refractivity (Wildman–Crippen MR) is 66.4 cm³/mol. The van der Waals surface area contributed by atoms with Gasteiger partial charge >= 0.3 is 110 Å². The summed E-state index contributed by atoms with van der Waals surface area (Å²) >= 11 is -3.61. The molecular weight excluding hydrogens is 336 g/mol. The van der Waals surface area contributed by atoms with Crippen LogP contribution in [-0.4, -0.2) is 42.2 Å².